The molecule has 0 aliphatic heterocycles. The smallest absolute Gasteiger partial charge is 0.303 e. The van der Waals surface area contributed by atoms with Crippen LogP contribution in [0.1, 0.15) is 77.6 Å². The van der Waals surface area contributed by atoms with Gasteiger partial charge in [0.05, 0.1) is 6.10 Å². The molecule has 142 valence electrons. The molecule has 2 fully saturated rings. The van der Waals surface area contributed by atoms with E-state index in [-0.39, 0.29) is 24.4 Å². The molecule has 0 aromatic heterocycles. The minimum atomic E-state index is -0.730. The second-order valence-corrected chi connectivity index (χ2v) is 7.97. The van der Waals surface area contributed by atoms with Crippen LogP contribution in [0.15, 0.2) is 12.2 Å². The highest BCUT2D eigenvalue weighted by Crippen LogP contribution is 2.44. The van der Waals surface area contributed by atoms with Crippen molar-refractivity contribution in [2.24, 2.45) is 23.7 Å². The molecule has 0 aromatic rings. The highest BCUT2D eigenvalue weighted by molar-refractivity contribution is 5.83. The molecule has 25 heavy (non-hydrogen) atoms. The van der Waals surface area contributed by atoms with Crippen molar-refractivity contribution in [2.75, 3.05) is 0 Å². The molecule has 0 heterocycles. The molecule has 0 spiro atoms. The molecule has 0 aromatic carbocycles. The molecule has 0 bridgehead atoms. The van der Waals surface area contributed by atoms with Gasteiger partial charge in [-0.15, -0.1) is 0 Å². The fraction of sp³-hybridized carbons (Fsp3) is 0.810. The Morgan fingerprint density at radius 1 is 1.24 bits per heavy atom. The summed E-state index contributed by atoms with van der Waals surface area (Å²) in [6, 6.07) is 0. The summed E-state index contributed by atoms with van der Waals surface area (Å²) in [5.74, 6) is 1.52. The monoisotopic (exact) mass is 350 g/mol. The number of unbranched alkanes of at least 4 members (excludes halogenated alkanes) is 3. The van der Waals surface area contributed by atoms with Gasteiger partial charge in [-0.25, -0.2) is 0 Å². The van der Waals surface area contributed by atoms with Gasteiger partial charge in [0.25, 0.3) is 0 Å². The first-order valence-corrected chi connectivity index (χ1v) is 10.1. The van der Waals surface area contributed by atoms with E-state index in [9.17, 15) is 14.7 Å². The van der Waals surface area contributed by atoms with Gasteiger partial charge in [0.2, 0.25) is 0 Å². The summed E-state index contributed by atoms with van der Waals surface area (Å²) in [5.41, 5.74) is 0. The van der Waals surface area contributed by atoms with E-state index in [2.05, 4.69) is 13.0 Å². The first-order valence-electron chi connectivity index (χ1n) is 10.1. The number of rotatable bonds is 12. The van der Waals surface area contributed by atoms with Crippen LogP contribution in [0.3, 0.4) is 0 Å². The molecule has 2 aliphatic carbocycles. The second-order valence-electron chi connectivity index (χ2n) is 7.97. The number of aliphatic hydroxyl groups excluding tert-OH is 1. The number of allylic oxidation sites excluding steroid dienone is 1. The summed E-state index contributed by atoms with van der Waals surface area (Å²) in [6.07, 6.45) is 13.3. The Kier molecular flexibility index (Phi) is 8.14. The molecule has 2 N–H and O–H groups in total. The topological polar surface area (TPSA) is 74.6 Å². The van der Waals surface area contributed by atoms with Gasteiger partial charge >= 0.3 is 5.97 Å². The van der Waals surface area contributed by atoms with Crippen molar-refractivity contribution in [3.8, 4) is 0 Å². The van der Waals surface area contributed by atoms with Crippen LogP contribution >= 0.6 is 0 Å². The first-order chi connectivity index (χ1) is 12.0. The quantitative estimate of drug-likeness (QED) is 0.405. The molecule has 1 unspecified atom stereocenters. The van der Waals surface area contributed by atoms with Gasteiger partial charge in [-0.3, -0.25) is 9.59 Å². The van der Waals surface area contributed by atoms with Crippen molar-refractivity contribution in [3.05, 3.63) is 12.2 Å². The van der Waals surface area contributed by atoms with Crippen LogP contribution in [0.5, 0.6) is 0 Å². The molecule has 4 heteroatoms. The number of carbonyl (C=O) groups excluding carboxylic acids is 1. The van der Waals surface area contributed by atoms with Crippen LogP contribution in [-0.2, 0) is 9.59 Å². The molecular weight excluding hydrogens is 316 g/mol. The maximum absolute atomic E-state index is 12.1. The van der Waals surface area contributed by atoms with Crippen molar-refractivity contribution < 1.29 is 19.8 Å². The molecule has 2 rings (SSSR count). The number of aliphatic hydroxyl groups is 1. The van der Waals surface area contributed by atoms with E-state index in [0.717, 1.165) is 50.9 Å². The zero-order chi connectivity index (χ0) is 18.2. The van der Waals surface area contributed by atoms with Crippen molar-refractivity contribution >= 4 is 11.8 Å². The van der Waals surface area contributed by atoms with E-state index in [1.807, 2.05) is 6.08 Å². The standard InChI is InChI=1S/C21H34O4/c1-2-15-13-17(15)14-18(22)11-9-16-10-12-20(23)19(16)7-5-3-4-6-8-21(24)25/h9,11,15-19,22H,2-8,10,12-14H2,1H3,(H,24,25)/t15-,16-,17-,18?,19+/m0/s1. The lowest BCUT2D eigenvalue weighted by atomic mass is 9.89. The lowest BCUT2D eigenvalue weighted by Gasteiger charge is -2.15. The van der Waals surface area contributed by atoms with Gasteiger partial charge in [0.1, 0.15) is 5.78 Å². The van der Waals surface area contributed by atoms with E-state index in [0.29, 0.717) is 18.1 Å². The third-order valence-electron chi connectivity index (χ3n) is 6.03. The number of ketones is 1. The average molecular weight is 350 g/mol. The van der Waals surface area contributed by atoms with Crippen molar-refractivity contribution in [1.29, 1.82) is 0 Å². The Balaban J connectivity index is 1.67. The lowest BCUT2D eigenvalue weighted by Crippen LogP contribution is -2.14. The molecule has 0 amide bonds. The SMILES string of the molecule is CC[C@H]1C[C@H]1CC(O)C=C[C@H]1CCC(=O)[C@@H]1CCCCCCC(=O)O. The van der Waals surface area contributed by atoms with Gasteiger partial charge in [-0.05, 0) is 49.9 Å². The minimum Gasteiger partial charge on any atom is -0.481 e. The van der Waals surface area contributed by atoms with Gasteiger partial charge in [-0.1, -0.05) is 44.8 Å². The molecular formula is C21H34O4. The summed E-state index contributed by atoms with van der Waals surface area (Å²) >= 11 is 0. The second kappa shape index (κ2) is 10.1. The number of carboxylic acids is 1. The zero-order valence-corrected chi connectivity index (χ0v) is 15.5. The Morgan fingerprint density at radius 3 is 2.68 bits per heavy atom. The van der Waals surface area contributed by atoms with E-state index < -0.39 is 5.97 Å². The van der Waals surface area contributed by atoms with E-state index in [1.165, 1.54) is 12.8 Å². The van der Waals surface area contributed by atoms with Crippen LogP contribution in [0.25, 0.3) is 0 Å². The van der Waals surface area contributed by atoms with Crippen molar-refractivity contribution in [1.82, 2.24) is 0 Å². The highest BCUT2D eigenvalue weighted by atomic mass is 16.4. The minimum absolute atomic E-state index is 0.104. The molecule has 5 atom stereocenters. The summed E-state index contributed by atoms with van der Waals surface area (Å²) in [7, 11) is 0. The maximum Gasteiger partial charge on any atom is 0.303 e. The van der Waals surface area contributed by atoms with Crippen LogP contribution in [-0.4, -0.2) is 28.1 Å². The molecule has 2 aliphatic rings. The number of carbonyl (C=O) groups is 2. The van der Waals surface area contributed by atoms with E-state index in [4.69, 9.17) is 5.11 Å². The largest absolute Gasteiger partial charge is 0.481 e. The zero-order valence-electron chi connectivity index (χ0n) is 15.5. The molecule has 0 saturated heterocycles. The predicted octanol–water partition coefficient (Wildman–Crippen LogP) is 4.36. The predicted molar refractivity (Wildman–Crippen MR) is 98.2 cm³/mol. The van der Waals surface area contributed by atoms with Gasteiger partial charge in [0.15, 0.2) is 0 Å². The summed E-state index contributed by atoms with van der Waals surface area (Å²) in [6.45, 7) is 2.21. The summed E-state index contributed by atoms with van der Waals surface area (Å²) in [4.78, 5) is 22.6. The van der Waals surface area contributed by atoms with Crippen LogP contribution in [0.2, 0.25) is 0 Å². The molecule has 4 nitrogen and oxygen atoms in total. The Bertz CT molecular complexity index is 471. The molecule has 0 radical (unpaired) electrons. The maximum atomic E-state index is 12.1. The Morgan fingerprint density at radius 2 is 2.00 bits per heavy atom. The first kappa shape index (κ1) is 20.2. The Hall–Kier alpha value is -1.16. The third kappa shape index (κ3) is 6.93. The van der Waals surface area contributed by atoms with Gasteiger partial charge < -0.3 is 10.2 Å². The number of carboxylic acid groups (broad SMARTS) is 1. The molecule has 2 saturated carbocycles. The fourth-order valence-corrected chi connectivity index (χ4v) is 4.29. The van der Waals surface area contributed by atoms with Gasteiger partial charge in [0, 0.05) is 18.8 Å². The summed E-state index contributed by atoms with van der Waals surface area (Å²) in [5, 5.41) is 18.8. The van der Waals surface area contributed by atoms with Crippen LogP contribution in [0, 0.1) is 23.7 Å². The van der Waals surface area contributed by atoms with E-state index >= 15 is 0 Å². The van der Waals surface area contributed by atoms with E-state index in [1.54, 1.807) is 0 Å². The summed E-state index contributed by atoms with van der Waals surface area (Å²) < 4.78 is 0. The van der Waals surface area contributed by atoms with Gasteiger partial charge in [-0.2, -0.15) is 0 Å². The highest BCUT2D eigenvalue weighted by Gasteiger charge is 2.36. The Labute approximate surface area is 151 Å². The fourth-order valence-electron chi connectivity index (χ4n) is 4.29. The third-order valence-corrected chi connectivity index (χ3v) is 6.03. The van der Waals surface area contributed by atoms with Crippen molar-refractivity contribution in [2.45, 2.75) is 83.7 Å². The normalized spacial score (nSPS) is 30.1. The number of Topliss-reactive ketones (excluding diaryl/α,β-unsaturated/α-hetero) is 1. The average Bonchev–Trinajstić information content (AvgIpc) is 3.23. The lowest BCUT2D eigenvalue weighted by molar-refractivity contribution is -0.137. The number of hydrogen-bond donors (Lipinski definition) is 2. The van der Waals surface area contributed by atoms with Crippen LogP contribution < -0.4 is 0 Å². The number of hydrogen-bond acceptors (Lipinski definition) is 3. The number of aliphatic carboxylic acids is 1. The van der Waals surface area contributed by atoms with Crippen molar-refractivity contribution in [3.63, 3.8) is 0 Å². The van der Waals surface area contributed by atoms with Crippen LogP contribution in [0.4, 0.5) is 0 Å².